The van der Waals surface area contributed by atoms with Crippen molar-refractivity contribution in [2.24, 2.45) is 7.05 Å². The van der Waals surface area contributed by atoms with Crippen LogP contribution in [0.2, 0.25) is 0 Å². The molecule has 2 heterocycles. The molecule has 0 aliphatic heterocycles. The van der Waals surface area contributed by atoms with Crippen LogP contribution in [-0.2, 0) is 13.5 Å². The zero-order chi connectivity index (χ0) is 19.1. The number of aryl methyl sites for hydroxylation is 1. The number of hydrogen-bond donors (Lipinski definition) is 1. The van der Waals surface area contributed by atoms with Crippen LogP contribution in [0, 0.1) is 0 Å². The van der Waals surface area contributed by atoms with Crippen LogP contribution in [0.15, 0.2) is 67.5 Å². The SMILES string of the molecule is Cn1cncc1-c1cccc(NC(=O)c2cccc3c2Cc2cncnc2-3)c1. The van der Waals surface area contributed by atoms with Crippen molar-refractivity contribution in [3.8, 4) is 22.5 Å². The first kappa shape index (κ1) is 16.4. The molecule has 1 amide bonds. The molecule has 4 aromatic rings. The first-order valence-electron chi connectivity index (χ1n) is 9.00. The molecular weight excluding hydrogens is 350 g/mol. The van der Waals surface area contributed by atoms with Crippen LogP contribution >= 0.6 is 0 Å². The molecule has 0 bridgehead atoms. The Hall–Kier alpha value is -3.80. The zero-order valence-electron chi connectivity index (χ0n) is 15.3. The van der Waals surface area contributed by atoms with Crippen molar-refractivity contribution in [1.29, 1.82) is 0 Å². The van der Waals surface area contributed by atoms with E-state index in [0.29, 0.717) is 12.0 Å². The molecule has 1 N–H and O–H groups in total. The molecule has 2 aromatic heterocycles. The normalized spacial score (nSPS) is 11.8. The van der Waals surface area contributed by atoms with Crippen LogP contribution in [0.5, 0.6) is 0 Å². The summed E-state index contributed by atoms with van der Waals surface area (Å²) in [5.74, 6) is -0.125. The summed E-state index contributed by atoms with van der Waals surface area (Å²) in [6.45, 7) is 0. The minimum absolute atomic E-state index is 0.125. The van der Waals surface area contributed by atoms with Gasteiger partial charge in [0.2, 0.25) is 0 Å². The Labute approximate surface area is 161 Å². The number of nitrogens with zero attached hydrogens (tertiary/aromatic N) is 4. The van der Waals surface area contributed by atoms with E-state index in [9.17, 15) is 4.79 Å². The molecule has 0 fully saturated rings. The number of carbonyl (C=O) groups excluding carboxylic acids is 1. The molecule has 0 unspecified atom stereocenters. The maximum atomic E-state index is 13.0. The van der Waals surface area contributed by atoms with E-state index >= 15 is 0 Å². The molecule has 0 radical (unpaired) electrons. The summed E-state index contributed by atoms with van der Waals surface area (Å²) in [6.07, 6.45) is 7.61. The summed E-state index contributed by atoms with van der Waals surface area (Å²) in [4.78, 5) is 25.7. The average molecular weight is 367 g/mol. The Bertz CT molecular complexity index is 1210. The van der Waals surface area contributed by atoms with Gasteiger partial charge in [-0.2, -0.15) is 0 Å². The van der Waals surface area contributed by atoms with Crippen molar-refractivity contribution in [1.82, 2.24) is 19.5 Å². The Balaban J connectivity index is 1.46. The number of imidazole rings is 1. The highest BCUT2D eigenvalue weighted by molar-refractivity contribution is 6.07. The second kappa shape index (κ2) is 6.42. The van der Waals surface area contributed by atoms with Gasteiger partial charge < -0.3 is 9.88 Å². The highest BCUT2D eigenvalue weighted by atomic mass is 16.1. The van der Waals surface area contributed by atoms with Gasteiger partial charge in [0.1, 0.15) is 6.33 Å². The van der Waals surface area contributed by atoms with Gasteiger partial charge in [-0.3, -0.25) is 4.79 Å². The topological polar surface area (TPSA) is 72.7 Å². The number of hydrogen-bond acceptors (Lipinski definition) is 4. The van der Waals surface area contributed by atoms with Crippen LogP contribution in [0.1, 0.15) is 21.5 Å². The predicted molar refractivity (Wildman–Crippen MR) is 107 cm³/mol. The Morgan fingerprint density at radius 2 is 2.00 bits per heavy atom. The molecule has 136 valence electrons. The predicted octanol–water partition coefficient (Wildman–Crippen LogP) is 3.70. The molecule has 0 spiro atoms. The quantitative estimate of drug-likeness (QED) is 0.528. The lowest BCUT2D eigenvalue weighted by atomic mass is 10.0. The minimum Gasteiger partial charge on any atom is -0.334 e. The van der Waals surface area contributed by atoms with E-state index in [4.69, 9.17) is 0 Å². The smallest absolute Gasteiger partial charge is 0.255 e. The number of carbonyl (C=O) groups is 1. The Morgan fingerprint density at radius 3 is 2.86 bits per heavy atom. The summed E-state index contributed by atoms with van der Waals surface area (Å²) in [5, 5.41) is 3.03. The van der Waals surface area contributed by atoms with E-state index in [1.807, 2.05) is 66.5 Å². The fraction of sp³-hybridized carbons (Fsp3) is 0.0909. The lowest BCUT2D eigenvalue weighted by Gasteiger charge is -2.11. The van der Waals surface area contributed by atoms with Crippen molar-refractivity contribution in [2.45, 2.75) is 6.42 Å². The molecule has 0 saturated heterocycles. The van der Waals surface area contributed by atoms with E-state index in [-0.39, 0.29) is 5.91 Å². The van der Waals surface area contributed by atoms with Crippen molar-refractivity contribution >= 4 is 11.6 Å². The summed E-state index contributed by atoms with van der Waals surface area (Å²) in [6, 6.07) is 13.5. The lowest BCUT2D eigenvalue weighted by molar-refractivity contribution is 0.102. The van der Waals surface area contributed by atoms with E-state index in [1.165, 1.54) is 0 Å². The van der Waals surface area contributed by atoms with Gasteiger partial charge in [0.15, 0.2) is 0 Å². The molecule has 1 aliphatic carbocycles. The second-order valence-electron chi connectivity index (χ2n) is 6.83. The monoisotopic (exact) mass is 367 g/mol. The van der Waals surface area contributed by atoms with E-state index in [1.54, 1.807) is 12.7 Å². The number of amides is 1. The van der Waals surface area contributed by atoms with Gasteiger partial charge in [-0.1, -0.05) is 24.3 Å². The van der Waals surface area contributed by atoms with Gasteiger partial charge in [0, 0.05) is 47.6 Å². The molecule has 0 atom stereocenters. The Morgan fingerprint density at radius 1 is 1.11 bits per heavy atom. The van der Waals surface area contributed by atoms with Gasteiger partial charge >= 0.3 is 0 Å². The molecule has 0 saturated carbocycles. The molecule has 28 heavy (non-hydrogen) atoms. The third kappa shape index (κ3) is 2.66. The van der Waals surface area contributed by atoms with E-state index < -0.39 is 0 Å². The van der Waals surface area contributed by atoms with Crippen molar-refractivity contribution in [3.05, 3.63) is 84.2 Å². The summed E-state index contributed by atoms with van der Waals surface area (Å²) >= 11 is 0. The van der Waals surface area contributed by atoms with Crippen LogP contribution in [0.25, 0.3) is 22.5 Å². The lowest BCUT2D eigenvalue weighted by Crippen LogP contribution is -2.14. The number of rotatable bonds is 3. The van der Waals surface area contributed by atoms with Gasteiger partial charge in [0.05, 0.1) is 23.9 Å². The highest BCUT2D eigenvalue weighted by Crippen LogP contribution is 2.36. The van der Waals surface area contributed by atoms with Gasteiger partial charge in [0.25, 0.3) is 5.91 Å². The molecule has 5 rings (SSSR count). The van der Waals surface area contributed by atoms with Gasteiger partial charge in [-0.25, -0.2) is 15.0 Å². The average Bonchev–Trinajstić information content (AvgIpc) is 3.31. The van der Waals surface area contributed by atoms with Crippen molar-refractivity contribution < 1.29 is 4.79 Å². The zero-order valence-corrected chi connectivity index (χ0v) is 15.3. The van der Waals surface area contributed by atoms with Crippen LogP contribution in [0.4, 0.5) is 5.69 Å². The molecule has 6 heteroatoms. The fourth-order valence-electron chi connectivity index (χ4n) is 3.72. The van der Waals surface area contributed by atoms with Crippen molar-refractivity contribution in [2.75, 3.05) is 5.32 Å². The summed E-state index contributed by atoms with van der Waals surface area (Å²) in [7, 11) is 1.95. The third-order valence-corrected chi connectivity index (χ3v) is 5.06. The summed E-state index contributed by atoms with van der Waals surface area (Å²) in [5.41, 5.74) is 7.38. The van der Waals surface area contributed by atoms with Crippen LogP contribution in [0.3, 0.4) is 0 Å². The molecule has 6 nitrogen and oxygen atoms in total. The number of aromatic nitrogens is 4. The Kier molecular flexibility index (Phi) is 3.76. The van der Waals surface area contributed by atoms with Crippen molar-refractivity contribution in [3.63, 3.8) is 0 Å². The maximum Gasteiger partial charge on any atom is 0.255 e. The fourth-order valence-corrected chi connectivity index (χ4v) is 3.72. The number of nitrogens with one attached hydrogen (secondary N) is 1. The standard InChI is InChI=1S/C22H17N5O/c1-27-13-24-11-20(27)14-4-2-5-16(8-14)26-22(28)18-7-3-6-17-19(18)9-15-10-23-12-25-21(15)17/h2-8,10-13H,9H2,1H3,(H,26,28). The van der Waals surface area contributed by atoms with Gasteiger partial charge in [-0.05, 0) is 23.8 Å². The van der Waals surface area contributed by atoms with E-state index in [2.05, 4.69) is 20.3 Å². The molecule has 1 aliphatic rings. The second-order valence-corrected chi connectivity index (χ2v) is 6.83. The third-order valence-electron chi connectivity index (χ3n) is 5.06. The van der Waals surface area contributed by atoms with Crippen LogP contribution < -0.4 is 5.32 Å². The highest BCUT2D eigenvalue weighted by Gasteiger charge is 2.24. The summed E-state index contributed by atoms with van der Waals surface area (Å²) < 4.78 is 1.95. The van der Waals surface area contributed by atoms with Gasteiger partial charge in [-0.15, -0.1) is 0 Å². The van der Waals surface area contributed by atoms with E-state index in [0.717, 1.165) is 39.3 Å². The first-order valence-corrected chi connectivity index (χ1v) is 9.00. The minimum atomic E-state index is -0.125. The largest absolute Gasteiger partial charge is 0.334 e. The molecule has 2 aromatic carbocycles. The number of fused-ring (bicyclic) bond motifs is 3. The van der Waals surface area contributed by atoms with Crippen LogP contribution in [-0.4, -0.2) is 25.4 Å². The maximum absolute atomic E-state index is 13.0. The molecular formula is C22H17N5O. The first-order chi connectivity index (χ1) is 13.7. The number of benzene rings is 2. The number of anilines is 1.